The van der Waals surface area contributed by atoms with Crippen LogP contribution in [0.2, 0.25) is 0 Å². The Bertz CT molecular complexity index is 436. The SMILES string of the molecule is CC(OCC(O)CNC1CC2CCC1C2)c1ccccc1. The van der Waals surface area contributed by atoms with Gasteiger partial charge in [-0.2, -0.15) is 0 Å². The van der Waals surface area contributed by atoms with Gasteiger partial charge in [0.2, 0.25) is 0 Å². The molecular formula is C18H27NO2. The van der Waals surface area contributed by atoms with Crippen LogP contribution in [0, 0.1) is 11.8 Å². The van der Waals surface area contributed by atoms with E-state index in [0.29, 0.717) is 19.2 Å². The summed E-state index contributed by atoms with van der Waals surface area (Å²) >= 11 is 0. The zero-order chi connectivity index (χ0) is 14.7. The molecule has 0 amide bonds. The van der Waals surface area contributed by atoms with E-state index in [2.05, 4.69) is 17.4 Å². The highest BCUT2D eigenvalue weighted by Crippen LogP contribution is 2.44. The average molecular weight is 289 g/mol. The van der Waals surface area contributed by atoms with Crippen LogP contribution >= 0.6 is 0 Å². The fraction of sp³-hybridized carbons (Fsp3) is 0.667. The van der Waals surface area contributed by atoms with Crippen LogP contribution in [0.4, 0.5) is 0 Å². The summed E-state index contributed by atoms with van der Waals surface area (Å²) in [6, 6.07) is 10.8. The van der Waals surface area contributed by atoms with Crippen LogP contribution in [0.5, 0.6) is 0 Å². The third-order valence-corrected chi connectivity index (χ3v) is 5.16. The highest BCUT2D eigenvalue weighted by atomic mass is 16.5. The molecule has 2 aliphatic carbocycles. The molecule has 2 N–H and O–H groups in total. The van der Waals surface area contributed by atoms with Gasteiger partial charge in [0, 0.05) is 12.6 Å². The van der Waals surface area contributed by atoms with Crippen LogP contribution in [0.25, 0.3) is 0 Å². The van der Waals surface area contributed by atoms with Crippen LogP contribution in [0.3, 0.4) is 0 Å². The molecule has 0 heterocycles. The van der Waals surface area contributed by atoms with E-state index >= 15 is 0 Å². The van der Waals surface area contributed by atoms with Crippen LogP contribution in [-0.2, 0) is 4.74 Å². The third kappa shape index (κ3) is 3.85. The van der Waals surface area contributed by atoms with Gasteiger partial charge in [0.15, 0.2) is 0 Å². The lowest BCUT2D eigenvalue weighted by Crippen LogP contribution is -2.40. The van der Waals surface area contributed by atoms with Crippen molar-refractivity contribution in [3.05, 3.63) is 35.9 Å². The van der Waals surface area contributed by atoms with Gasteiger partial charge in [0.25, 0.3) is 0 Å². The molecule has 21 heavy (non-hydrogen) atoms. The number of fused-ring (bicyclic) bond motifs is 2. The number of ether oxygens (including phenoxy) is 1. The third-order valence-electron chi connectivity index (χ3n) is 5.16. The molecule has 0 saturated heterocycles. The molecule has 1 aromatic carbocycles. The summed E-state index contributed by atoms with van der Waals surface area (Å²) in [5.74, 6) is 1.80. The van der Waals surface area contributed by atoms with E-state index in [9.17, 15) is 5.11 Å². The Balaban J connectivity index is 1.36. The van der Waals surface area contributed by atoms with Gasteiger partial charge in [-0.15, -0.1) is 0 Å². The van der Waals surface area contributed by atoms with Crippen molar-refractivity contribution in [1.29, 1.82) is 0 Å². The molecule has 3 nitrogen and oxygen atoms in total. The van der Waals surface area contributed by atoms with Crippen molar-refractivity contribution in [1.82, 2.24) is 5.32 Å². The average Bonchev–Trinajstić information content (AvgIpc) is 3.14. The quantitative estimate of drug-likeness (QED) is 0.811. The van der Waals surface area contributed by atoms with Crippen molar-refractivity contribution in [2.24, 2.45) is 11.8 Å². The molecule has 0 aliphatic heterocycles. The zero-order valence-corrected chi connectivity index (χ0v) is 12.9. The summed E-state index contributed by atoms with van der Waals surface area (Å²) in [4.78, 5) is 0. The van der Waals surface area contributed by atoms with Gasteiger partial charge < -0.3 is 15.2 Å². The topological polar surface area (TPSA) is 41.5 Å². The molecule has 5 unspecified atom stereocenters. The number of rotatable bonds is 7. The van der Waals surface area contributed by atoms with Crippen LogP contribution < -0.4 is 5.32 Å². The highest BCUT2D eigenvalue weighted by Gasteiger charge is 2.39. The fourth-order valence-electron chi connectivity index (χ4n) is 3.92. The van der Waals surface area contributed by atoms with Crippen molar-refractivity contribution in [3.63, 3.8) is 0 Å². The number of aliphatic hydroxyl groups excluding tert-OH is 1. The molecule has 3 heteroatoms. The van der Waals surface area contributed by atoms with Crippen molar-refractivity contribution >= 4 is 0 Å². The molecule has 116 valence electrons. The molecule has 2 saturated carbocycles. The van der Waals surface area contributed by atoms with Crippen LogP contribution in [-0.4, -0.2) is 30.4 Å². The molecule has 1 aromatic rings. The Morgan fingerprint density at radius 2 is 2.05 bits per heavy atom. The minimum Gasteiger partial charge on any atom is -0.389 e. The lowest BCUT2D eigenvalue weighted by molar-refractivity contribution is -0.00347. The monoisotopic (exact) mass is 289 g/mol. The van der Waals surface area contributed by atoms with Gasteiger partial charge in [-0.3, -0.25) is 0 Å². The number of nitrogens with one attached hydrogen (secondary N) is 1. The van der Waals surface area contributed by atoms with Crippen molar-refractivity contribution in [2.75, 3.05) is 13.2 Å². The van der Waals surface area contributed by atoms with Crippen LogP contribution in [0.1, 0.15) is 44.3 Å². The second-order valence-electron chi connectivity index (χ2n) is 6.73. The van der Waals surface area contributed by atoms with Gasteiger partial charge in [-0.1, -0.05) is 36.8 Å². The summed E-state index contributed by atoms with van der Waals surface area (Å²) in [5, 5.41) is 13.6. The molecular weight excluding hydrogens is 262 g/mol. The summed E-state index contributed by atoms with van der Waals surface area (Å²) in [5.41, 5.74) is 1.16. The second kappa shape index (κ2) is 6.91. The van der Waals surface area contributed by atoms with E-state index in [1.807, 2.05) is 25.1 Å². The van der Waals surface area contributed by atoms with E-state index in [4.69, 9.17) is 4.74 Å². The first-order valence-electron chi connectivity index (χ1n) is 8.30. The summed E-state index contributed by atoms with van der Waals surface area (Å²) in [6.45, 7) is 3.07. The first kappa shape index (κ1) is 15.0. The van der Waals surface area contributed by atoms with Gasteiger partial charge in [-0.05, 0) is 43.6 Å². The standard InChI is InChI=1S/C18H27NO2/c1-13(15-5-3-2-4-6-15)21-12-17(20)11-19-18-10-14-7-8-16(18)9-14/h2-6,13-14,16-20H,7-12H2,1H3. The molecule has 2 fully saturated rings. The lowest BCUT2D eigenvalue weighted by atomic mass is 9.95. The molecule has 2 bridgehead atoms. The maximum atomic E-state index is 10.1. The molecule has 0 radical (unpaired) electrons. The summed E-state index contributed by atoms with van der Waals surface area (Å²) < 4.78 is 5.78. The summed E-state index contributed by atoms with van der Waals surface area (Å²) in [6.07, 6.45) is 5.11. The minimum atomic E-state index is -0.421. The predicted molar refractivity (Wildman–Crippen MR) is 84.1 cm³/mol. The Labute approximate surface area is 127 Å². The first-order chi connectivity index (χ1) is 10.2. The first-order valence-corrected chi connectivity index (χ1v) is 8.30. The van der Waals surface area contributed by atoms with E-state index < -0.39 is 6.10 Å². The lowest BCUT2D eigenvalue weighted by Gasteiger charge is -2.25. The normalized spacial score (nSPS) is 30.5. The Hall–Kier alpha value is -0.900. The molecule has 2 aliphatic rings. The Morgan fingerprint density at radius 1 is 1.24 bits per heavy atom. The van der Waals surface area contributed by atoms with Gasteiger partial charge in [0.05, 0.1) is 18.8 Å². The van der Waals surface area contributed by atoms with E-state index in [1.165, 1.54) is 25.7 Å². The Morgan fingerprint density at radius 3 is 2.71 bits per heavy atom. The van der Waals surface area contributed by atoms with E-state index in [-0.39, 0.29) is 6.10 Å². The minimum absolute atomic E-state index is 0.0309. The fourth-order valence-corrected chi connectivity index (χ4v) is 3.92. The molecule has 3 rings (SSSR count). The number of hydrogen-bond donors (Lipinski definition) is 2. The molecule has 5 atom stereocenters. The maximum absolute atomic E-state index is 10.1. The highest BCUT2D eigenvalue weighted by molar-refractivity contribution is 5.16. The van der Waals surface area contributed by atoms with Gasteiger partial charge in [-0.25, -0.2) is 0 Å². The zero-order valence-electron chi connectivity index (χ0n) is 12.9. The van der Waals surface area contributed by atoms with Crippen molar-refractivity contribution in [2.45, 2.75) is 50.9 Å². The summed E-state index contributed by atoms with van der Waals surface area (Å²) in [7, 11) is 0. The van der Waals surface area contributed by atoms with Crippen molar-refractivity contribution < 1.29 is 9.84 Å². The van der Waals surface area contributed by atoms with Gasteiger partial charge in [0.1, 0.15) is 0 Å². The molecule has 0 spiro atoms. The largest absolute Gasteiger partial charge is 0.389 e. The maximum Gasteiger partial charge on any atom is 0.0898 e. The van der Waals surface area contributed by atoms with Crippen molar-refractivity contribution in [3.8, 4) is 0 Å². The van der Waals surface area contributed by atoms with E-state index in [0.717, 1.165) is 17.4 Å². The predicted octanol–water partition coefficient (Wildman–Crippen LogP) is 2.90. The Kier molecular flexibility index (Phi) is 4.94. The number of benzene rings is 1. The van der Waals surface area contributed by atoms with E-state index in [1.54, 1.807) is 0 Å². The number of aliphatic hydroxyl groups is 1. The number of hydrogen-bond acceptors (Lipinski definition) is 3. The van der Waals surface area contributed by atoms with Crippen LogP contribution in [0.15, 0.2) is 30.3 Å². The van der Waals surface area contributed by atoms with Gasteiger partial charge >= 0.3 is 0 Å². The smallest absolute Gasteiger partial charge is 0.0898 e. The second-order valence-corrected chi connectivity index (χ2v) is 6.73. The molecule has 0 aromatic heterocycles.